The maximum Gasteiger partial charge on any atom is 0.165 e. The van der Waals surface area contributed by atoms with Crippen LogP contribution in [0.1, 0.15) is 63.9 Å². The van der Waals surface area contributed by atoms with Gasteiger partial charge in [-0.2, -0.15) is 0 Å². The van der Waals surface area contributed by atoms with Crippen molar-refractivity contribution in [1.82, 2.24) is 0 Å². The van der Waals surface area contributed by atoms with Crippen LogP contribution in [-0.4, -0.2) is 17.0 Å². The van der Waals surface area contributed by atoms with E-state index in [2.05, 4.69) is 37.3 Å². The first-order chi connectivity index (χ1) is 13.0. The Balaban J connectivity index is 1.41. The maximum atomic E-state index is 13.4. The standard InChI is InChI=1S/C25H32O2/c1-25-10-9-18-12-19-13-21(26)8-7-17(19)14-22(18)23(25)15-20(24(25)27)11-16-5-3-2-4-6-16/h2-6,11,17-19,21-23,26H,7-10,12-15H2,1H3/b20-11+/t17-,18+,19?,21?,22+,23-,25-/m1/s1. The zero-order valence-corrected chi connectivity index (χ0v) is 16.4. The molecule has 4 saturated carbocycles. The second kappa shape index (κ2) is 6.58. The molecule has 4 fully saturated rings. The predicted molar refractivity (Wildman–Crippen MR) is 108 cm³/mol. The monoisotopic (exact) mass is 364 g/mol. The lowest BCUT2D eigenvalue weighted by atomic mass is 9.52. The van der Waals surface area contributed by atoms with Crippen LogP contribution < -0.4 is 0 Å². The van der Waals surface area contributed by atoms with Gasteiger partial charge in [0.15, 0.2) is 5.78 Å². The summed E-state index contributed by atoms with van der Waals surface area (Å²) in [5.41, 5.74) is 2.09. The van der Waals surface area contributed by atoms with Gasteiger partial charge >= 0.3 is 0 Å². The van der Waals surface area contributed by atoms with Gasteiger partial charge in [-0.3, -0.25) is 4.79 Å². The van der Waals surface area contributed by atoms with E-state index < -0.39 is 0 Å². The third kappa shape index (κ3) is 2.92. The smallest absolute Gasteiger partial charge is 0.165 e. The molecule has 7 atom stereocenters. The molecule has 2 unspecified atom stereocenters. The fraction of sp³-hybridized carbons (Fsp3) is 0.640. The van der Waals surface area contributed by atoms with Gasteiger partial charge in [0.25, 0.3) is 0 Å². The second-order valence-corrected chi connectivity index (χ2v) is 10.1. The van der Waals surface area contributed by atoms with E-state index in [9.17, 15) is 9.90 Å². The minimum Gasteiger partial charge on any atom is -0.393 e. The van der Waals surface area contributed by atoms with Crippen molar-refractivity contribution in [2.45, 2.75) is 64.4 Å². The number of aliphatic hydroxyl groups is 1. The summed E-state index contributed by atoms with van der Waals surface area (Å²) in [5, 5.41) is 10.1. The van der Waals surface area contributed by atoms with Crippen LogP contribution in [0.25, 0.3) is 6.08 Å². The SMILES string of the molecule is C[C@@]12CC[C@H]3CC4CC(O)CC[C@@H]4C[C@@H]3[C@H]1C/C(=C\c1ccccc1)C2=O. The summed E-state index contributed by atoms with van der Waals surface area (Å²) >= 11 is 0. The van der Waals surface area contributed by atoms with Crippen LogP contribution in [0.4, 0.5) is 0 Å². The highest BCUT2D eigenvalue weighted by Gasteiger charge is 2.57. The number of carbonyl (C=O) groups excluding carboxylic acids is 1. The van der Waals surface area contributed by atoms with Crippen molar-refractivity contribution in [2.75, 3.05) is 0 Å². The van der Waals surface area contributed by atoms with Gasteiger partial charge in [0, 0.05) is 5.41 Å². The predicted octanol–water partition coefficient (Wildman–Crippen LogP) is 5.26. The summed E-state index contributed by atoms with van der Waals surface area (Å²) in [5.74, 6) is 3.97. The summed E-state index contributed by atoms with van der Waals surface area (Å²) in [6.45, 7) is 2.26. The van der Waals surface area contributed by atoms with E-state index in [1.165, 1.54) is 25.7 Å². The average Bonchev–Trinajstić information content (AvgIpc) is 2.93. The highest BCUT2D eigenvalue weighted by molar-refractivity contribution is 6.05. The highest BCUT2D eigenvalue weighted by Crippen LogP contribution is 2.61. The molecule has 27 heavy (non-hydrogen) atoms. The Morgan fingerprint density at radius 2 is 1.81 bits per heavy atom. The molecule has 144 valence electrons. The Labute approximate surface area is 163 Å². The van der Waals surface area contributed by atoms with Crippen LogP contribution in [0.3, 0.4) is 0 Å². The Morgan fingerprint density at radius 3 is 2.63 bits per heavy atom. The van der Waals surface area contributed by atoms with Crippen LogP contribution in [0.15, 0.2) is 35.9 Å². The van der Waals surface area contributed by atoms with E-state index in [-0.39, 0.29) is 11.5 Å². The molecule has 0 bridgehead atoms. The lowest BCUT2D eigenvalue weighted by Crippen LogP contribution is -2.47. The fourth-order valence-corrected chi connectivity index (χ4v) is 7.20. The van der Waals surface area contributed by atoms with Gasteiger partial charge in [0.2, 0.25) is 0 Å². The number of rotatable bonds is 1. The van der Waals surface area contributed by atoms with Gasteiger partial charge in [0.05, 0.1) is 6.10 Å². The zero-order valence-electron chi connectivity index (χ0n) is 16.4. The van der Waals surface area contributed by atoms with Gasteiger partial charge in [-0.25, -0.2) is 0 Å². The number of hydrogen-bond acceptors (Lipinski definition) is 2. The molecule has 4 aliphatic rings. The lowest BCUT2D eigenvalue weighted by Gasteiger charge is -2.52. The Hall–Kier alpha value is -1.41. The molecule has 1 aromatic carbocycles. The summed E-state index contributed by atoms with van der Waals surface area (Å²) < 4.78 is 0. The minimum atomic E-state index is -0.136. The second-order valence-electron chi connectivity index (χ2n) is 10.1. The van der Waals surface area contributed by atoms with E-state index in [4.69, 9.17) is 0 Å². The van der Waals surface area contributed by atoms with Gasteiger partial charge in [-0.15, -0.1) is 0 Å². The van der Waals surface area contributed by atoms with E-state index in [1.54, 1.807) is 0 Å². The normalized spacial score (nSPS) is 45.3. The number of fused-ring (bicyclic) bond motifs is 4. The quantitative estimate of drug-likeness (QED) is 0.690. The third-order valence-electron chi connectivity index (χ3n) is 8.66. The van der Waals surface area contributed by atoms with E-state index >= 15 is 0 Å². The van der Waals surface area contributed by atoms with Crippen LogP contribution in [0, 0.1) is 35.0 Å². The number of hydrogen-bond donors (Lipinski definition) is 1. The van der Waals surface area contributed by atoms with Crippen molar-refractivity contribution in [3.8, 4) is 0 Å². The minimum absolute atomic E-state index is 0.0647. The number of benzene rings is 1. The van der Waals surface area contributed by atoms with E-state index in [1.807, 2.05) is 6.07 Å². The van der Waals surface area contributed by atoms with Crippen molar-refractivity contribution in [3.05, 3.63) is 41.5 Å². The number of ketones is 1. The van der Waals surface area contributed by atoms with Crippen LogP contribution in [0.5, 0.6) is 0 Å². The van der Waals surface area contributed by atoms with Crippen LogP contribution in [-0.2, 0) is 4.79 Å². The maximum absolute atomic E-state index is 13.4. The summed E-state index contributed by atoms with van der Waals surface area (Å²) in [4.78, 5) is 13.4. The molecule has 0 radical (unpaired) electrons. The number of carbonyl (C=O) groups is 1. The van der Waals surface area contributed by atoms with Gasteiger partial charge in [-0.05, 0) is 98.2 Å². The molecule has 0 spiro atoms. The number of allylic oxidation sites excluding steroid dienone is 1. The Bertz CT molecular complexity index is 751. The van der Waals surface area contributed by atoms with E-state index in [0.29, 0.717) is 17.6 Å². The van der Waals surface area contributed by atoms with Gasteiger partial charge in [0.1, 0.15) is 0 Å². The zero-order chi connectivity index (χ0) is 18.6. The van der Waals surface area contributed by atoms with Crippen molar-refractivity contribution < 1.29 is 9.90 Å². The first-order valence-electron chi connectivity index (χ1n) is 11.0. The fourth-order valence-electron chi connectivity index (χ4n) is 7.20. The summed E-state index contributed by atoms with van der Waals surface area (Å²) in [7, 11) is 0. The van der Waals surface area contributed by atoms with Gasteiger partial charge in [-0.1, -0.05) is 37.3 Å². The molecule has 0 aliphatic heterocycles. The Morgan fingerprint density at radius 1 is 1.00 bits per heavy atom. The Kier molecular flexibility index (Phi) is 4.31. The average molecular weight is 365 g/mol. The molecule has 1 N–H and O–H groups in total. The van der Waals surface area contributed by atoms with E-state index in [0.717, 1.165) is 54.6 Å². The molecule has 4 aliphatic carbocycles. The van der Waals surface area contributed by atoms with Gasteiger partial charge < -0.3 is 5.11 Å². The van der Waals surface area contributed by atoms with Crippen molar-refractivity contribution in [3.63, 3.8) is 0 Å². The molecular weight excluding hydrogens is 332 g/mol. The topological polar surface area (TPSA) is 37.3 Å². The lowest BCUT2D eigenvalue weighted by molar-refractivity contribution is -0.130. The third-order valence-corrected chi connectivity index (χ3v) is 8.66. The molecule has 0 amide bonds. The summed E-state index contributed by atoms with van der Waals surface area (Å²) in [6, 6.07) is 10.3. The van der Waals surface area contributed by atoms with Crippen molar-refractivity contribution in [1.29, 1.82) is 0 Å². The summed E-state index contributed by atoms with van der Waals surface area (Å²) in [6.07, 6.45) is 11.1. The molecule has 2 heteroatoms. The molecule has 0 aromatic heterocycles. The molecule has 2 nitrogen and oxygen atoms in total. The number of aliphatic hydroxyl groups excluding tert-OH is 1. The molecule has 0 saturated heterocycles. The molecule has 5 rings (SSSR count). The highest BCUT2D eigenvalue weighted by atomic mass is 16.3. The number of Topliss-reactive ketones (excluding diaryl/α,β-unsaturated/α-hetero) is 1. The molecular formula is C25H32O2. The first kappa shape index (κ1) is 17.7. The largest absolute Gasteiger partial charge is 0.393 e. The van der Waals surface area contributed by atoms with Crippen LogP contribution in [0.2, 0.25) is 0 Å². The molecule has 1 aromatic rings. The van der Waals surface area contributed by atoms with Crippen molar-refractivity contribution in [2.24, 2.45) is 35.0 Å². The van der Waals surface area contributed by atoms with Crippen molar-refractivity contribution >= 4 is 11.9 Å². The van der Waals surface area contributed by atoms with Crippen LogP contribution >= 0.6 is 0 Å². The first-order valence-corrected chi connectivity index (χ1v) is 11.0. The molecule has 0 heterocycles.